The fraction of sp³-hybridized carbons (Fsp3) is 0.824. The van der Waals surface area contributed by atoms with Crippen LogP contribution in [0.5, 0.6) is 0 Å². The maximum Gasteiger partial charge on any atom is 0.192 e. The van der Waals surface area contributed by atoms with E-state index >= 15 is 0 Å². The van der Waals surface area contributed by atoms with Crippen molar-refractivity contribution in [3.05, 3.63) is 11.6 Å². The Morgan fingerprint density at radius 3 is 2.54 bits per heavy atom. The Morgan fingerprint density at radius 2 is 1.92 bits per heavy atom. The second-order valence-electron chi connectivity index (χ2n) is 7.03. The number of thioether (sulfide) groups is 1. The lowest BCUT2D eigenvalue weighted by molar-refractivity contribution is 0.571. The largest absolute Gasteiger partial charge is 0.354 e. The zero-order valence-electron chi connectivity index (χ0n) is 15.1. The van der Waals surface area contributed by atoms with Gasteiger partial charge in [-0.25, -0.2) is 4.99 Å². The van der Waals surface area contributed by atoms with Gasteiger partial charge in [0.15, 0.2) is 11.8 Å². The molecule has 6 nitrogen and oxygen atoms in total. The molecule has 1 aromatic rings. The summed E-state index contributed by atoms with van der Waals surface area (Å²) >= 11 is 1.99. The molecule has 2 saturated carbocycles. The molecule has 2 fully saturated rings. The number of hydrogen-bond donors (Lipinski definition) is 2. The summed E-state index contributed by atoms with van der Waals surface area (Å²) in [6, 6.07) is 1.10. The number of aliphatic imine (C=N–C) groups is 1. The number of hydrogen-bond acceptors (Lipinski definition) is 4. The fourth-order valence-electron chi connectivity index (χ4n) is 3.61. The molecule has 2 N–H and O–H groups in total. The minimum atomic E-state index is 0.538. The van der Waals surface area contributed by atoms with Crippen molar-refractivity contribution < 1.29 is 0 Å². The zero-order chi connectivity index (χ0) is 16.9. The van der Waals surface area contributed by atoms with E-state index in [2.05, 4.69) is 27.1 Å². The molecule has 0 aromatic carbocycles. The van der Waals surface area contributed by atoms with E-state index in [0.29, 0.717) is 18.6 Å². The fourth-order valence-corrected chi connectivity index (χ4v) is 4.41. The molecular weight excluding hydrogens is 320 g/mol. The summed E-state index contributed by atoms with van der Waals surface area (Å²) in [5.74, 6) is 2.79. The van der Waals surface area contributed by atoms with E-state index in [1.165, 1.54) is 44.9 Å². The van der Waals surface area contributed by atoms with Gasteiger partial charge in [0.05, 0.1) is 0 Å². The van der Waals surface area contributed by atoms with Gasteiger partial charge >= 0.3 is 0 Å². The molecule has 0 spiro atoms. The average molecular weight is 351 g/mol. The van der Waals surface area contributed by atoms with Crippen LogP contribution in [0.2, 0.25) is 0 Å². The molecule has 3 rings (SSSR count). The Kier molecular flexibility index (Phi) is 6.03. The van der Waals surface area contributed by atoms with E-state index in [4.69, 9.17) is 4.99 Å². The van der Waals surface area contributed by atoms with Gasteiger partial charge < -0.3 is 15.2 Å². The molecule has 2 unspecified atom stereocenters. The van der Waals surface area contributed by atoms with Gasteiger partial charge in [0.2, 0.25) is 0 Å². The van der Waals surface area contributed by atoms with E-state index in [9.17, 15) is 0 Å². The Balaban J connectivity index is 1.64. The lowest BCUT2D eigenvalue weighted by atomic mass is 10.2. The topological polar surface area (TPSA) is 67.1 Å². The van der Waals surface area contributed by atoms with Crippen LogP contribution < -0.4 is 10.6 Å². The van der Waals surface area contributed by atoms with Gasteiger partial charge in [-0.2, -0.15) is 11.8 Å². The number of aryl methyl sites for hydroxylation is 1. The van der Waals surface area contributed by atoms with Gasteiger partial charge in [0.25, 0.3) is 0 Å². The van der Waals surface area contributed by atoms with E-state index in [0.717, 1.165) is 22.9 Å². The van der Waals surface area contributed by atoms with Crippen LogP contribution in [-0.4, -0.2) is 44.3 Å². The molecule has 0 aliphatic heterocycles. The average Bonchev–Trinajstić information content (AvgIpc) is 3.30. The van der Waals surface area contributed by atoms with Crippen LogP contribution in [0.4, 0.5) is 0 Å². The highest BCUT2D eigenvalue weighted by atomic mass is 32.2. The quantitative estimate of drug-likeness (QED) is 0.630. The van der Waals surface area contributed by atoms with Crippen molar-refractivity contribution in [3.63, 3.8) is 0 Å². The molecule has 2 aliphatic rings. The third kappa shape index (κ3) is 4.43. The van der Waals surface area contributed by atoms with Crippen molar-refractivity contribution in [1.82, 2.24) is 25.4 Å². The molecule has 24 heavy (non-hydrogen) atoms. The Labute approximate surface area is 149 Å². The Bertz CT molecular complexity index is 563. The monoisotopic (exact) mass is 350 g/mol. The van der Waals surface area contributed by atoms with E-state index in [1.807, 2.05) is 30.3 Å². The summed E-state index contributed by atoms with van der Waals surface area (Å²) in [7, 11) is 2.00. The van der Waals surface area contributed by atoms with Gasteiger partial charge in [0, 0.05) is 24.4 Å². The lowest BCUT2D eigenvalue weighted by Crippen LogP contribution is -2.46. The molecule has 2 atom stereocenters. The number of aromatic nitrogens is 3. The van der Waals surface area contributed by atoms with Crippen LogP contribution in [0.3, 0.4) is 0 Å². The van der Waals surface area contributed by atoms with Gasteiger partial charge in [-0.15, -0.1) is 10.2 Å². The minimum absolute atomic E-state index is 0.538. The summed E-state index contributed by atoms with van der Waals surface area (Å²) in [5, 5.41) is 16.5. The van der Waals surface area contributed by atoms with Crippen molar-refractivity contribution in [2.75, 3.05) is 6.26 Å². The van der Waals surface area contributed by atoms with Gasteiger partial charge in [-0.05, 0) is 45.3 Å². The highest BCUT2D eigenvalue weighted by molar-refractivity contribution is 7.99. The predicted molar refractivity (Wildman–Crippen MR) is 100 cm³/mol. The standard InChI is InChI=1S/C17H30N6S/c1-12-21-22-16(23(12)2)11-18-17(19-13-6-4-5-7-13)20-14-8-9-15(10-14)24-3/h13-15H,4-11H2,1-3H3,(H2,18,19,20). The van der Waals surface area contributed by atoms with Crippen molar-refractivity contribution >= 4 is 17.7 Å². The SMILES string of the molecule is CSC1CCC(NC(=NCc2nnc(C)n2C)NC2CCCC2)C1. The van der Waals surface area contributed by atoms with Crippen LogP contribution in [-0.2, 0) is 13.6 Å². The first kappa shape index (κ1) is 17.6. The van der Waals surface area contributed by atoms with Crippen molar-refractivity contribution in [1.29, 1.82) is 0 Å². The zero-order valence-corrected chi connectivity index (χ0v) is 15.9. The van der Waals surface area contributed by atoms with Crippen LogP contribution >= 0.6 is 11.8 Å². The maximum absolute atomic E-state index is 4.81. The lowest BCUT2D eigenvalue weighted by Gasteiger charge is -2.21. The van der Waals surface area contributed by atoms with E-state index < -0.39 is 0 Å². The van der Waals surface area contributed by atoms with Crippen molar-refractivity contribution in [2.45, 2.75) is 75.7 Å². The first-order valence-corrected chi connectivity index (χ1v) is 10.4. The molecule has 1 aromatic heterocycles. The van der Waals surface area contributed by atoms with E-state index in [-0.39, 0.29) is 0 Å². The summed E-state index contributed by atoms with van der Waals surface area (Å²) in [6.07, 6.45) is 11.1. The second kappa shape index (κ2) is 8.23. The van der Waals surface area contributed by atoms with Crippen molar-refractivity contribution in [2.24, 2.45) is 12.0 Å². The summed E-state index contributed by atoms with van der Waals surface area (Å²) in [5.41, 5.74) is 0. The Hall–Kier alpha value is -1.24. The summed E-state index contributed by atoms with van der Waals surface area (Å²) < 4.78 is 2.01. The maximum atomic E-state index is 4.81. The third-order valence-electron chi connectivity index (χ3n) is 5.32. The second-order valence-corrected chi connectivity index (χ2v) is 8.16. The number of nitrogens with zero attached hydrogens (tertiary/aromatic N) is 4. The molecule has 7 heteroatoms. The van der Waals surface area contributed by atoms with Crippen LogP contribution in [0.1, 0.15) is 56.6 Å². The Morgan fingerprint density at radius 1 is 1.17 bits per heavy atom. The van der Waals surface area contributed by atoms with E-state index in [1.54, 1.807) is 0 Å². The number of nitrogens with one attached hydrogen (secondary N) is 2. The van der Waals surface area contributed by atoms with Gasteiger partial charge in [-0.3, -0.25) is 0 Å². The smallest absolute Gasteiger partial charge is 0.192 e. The molecule has 134 valence electrons. The van der Waals surface area contributed by atoms with Crippen molar-refractivity contribution in [3.8, 4) is 0 Å². The normalized spacial score (nSPS) is 25.4. The number of guanidine groups is 1. The predicted octanol–water partition coefficient (Wildman–Crippen LogP) is 2.39. The van der Waals surface area contributed by atoms with Crippen LogP contribution in [0, 0.1) is 6.92 Å². The molecule has 2 aliphatic carbocycles. The highest BCUT2D eigenvalue weighted by Crippen LogP contribution is 2.28. The van der Waals surface area contributed by atoms with Crippen LogP contribution in [0.25, 0.3) is 0 Å². The first-order valence-electron chi connectivity index (χ1n) is 9.11. The third-order valence-corrected chi connectivity index (χ3v) is 6.41. The molecule has 0 saturated heterocycles. The molecular formula is C17H30N6S. The van der Waals surface area contributed by atoms with Crippen LogP contribution in [0.15, 0.2) is 4.99 Å². The molecule has 1 heterocycles. The summed E-state index contributed by atoms with van der Waals surface area (Å²) in [4.78, 5) is 4.81. The van der Waals surface area contributed by atoms with Gasteiger partial charge in [0.1, 0.15) is 12.4 Å². The highest BCUT2D eigenvalue weighted by Gasteiger charge is 2.25. The molecule has 0 amide bonds. The summed E-state index contributed by atoms with van der Waals surface area (Å²) in [6.45, 7) is 2.54. The minimum Gasteiger partial charge on any atom is -0.354 e. The number of rotatable bonds is 5. The molecule has 0 radical (unpaired) electrons. The molecule has 0 bridgehead atoms. The first-order chi connectivity index (χ1) is 11.7. The van der Waals surface area contributed by atoms with Gasteiger partial charge in [-0.1, -0.05) is 12.8 Å².